The van der Waals surface area contributed by atoms with Gasteiger partial charge in [-0.1, -0.05) is 6.07 Å². The normalized spacial score (nSPS) is 9.68. The number of pyridine rings is 1. The van der Waals surface area contributed by atoms with Crippen molar-refractivity contribution in [2.75, 3.05) is 5.32 Å². The van der Waals surface area contributed by atoms with E-state index in [-0.39, 0.29) is 5.69 Å². The number of nitro groups is 1. The van der Waals surface area contributed by atoms with Gasteiger partial charge in [-0.3, -0.25) is 10.1 Å². The highest BCUT2D eigenvalue weighted by molar-refractivity contribution is 5.61. The summed E-state index contributed by atoms with van der Waals surface area (Å²) in [7, 11) is 0. The number of rotatable bonds is 3. The van der Waals surface area contributed by atoms with E-state index in [0.717, 1.165) is 0 Å². The molecule has 0 saturated carbocycles. The first-order chi connectivity index (χ1) is 9.10. The zero-order chi connectivity index (χ0) is 13.8. The summed E-state index contributed by atoms with van der Waals surface area (Å²) in [5.74, 6) is 0.525. The van der Waals surface area contributed by atoms with Crippen molar-refractivity contribution in [3.63, 3.8) is 0 Å². The first-order valence-corrected chi connectivity index (χ1v) is 5.48. The summed E-state index contributed by atoms with van der Waals surface area (Å²) in [6.07, 6.45) is 1.44. The van der Waals surface area contributed by atoms with Crippen LogP contribution in [0.5, 0.6) is 0 Å². The number of nitrogens with zero attached hydrogens (tertiary/aromatic N) is 3. The molecule has 0 radical (unpaired) electrons. The van der Waals surface area contributed by atoms with E-state index >= 15 is 0 Å². The predicted molar refractivity (Wildman–Crippen MR) is 70.1 cm³/mol. The molecule has 6 nitrogen and oxygen atoms in total. The molecule has 19 heavy (non-hydrogen) atoms. The number of benzene rings is 1. The van der Waals surface area contributed by atoms with Crippen LogP contribution in [0.1, 0.15) is 11.1 Å². The van der Waals surface area contributed by atoms with Gasteiger partial charge in [0, 0.05) is 23.5 Å². The molecule has 0 amide bonds. The van der Waals surface area contributed by atoms with Crippen LogP contribution < -0.4 is 5.32 Å². The maximum absolute atomic E-state index is 10.8. The lowest BCUT2D eigenvalue weighted by atomic mass is 10.2. The van der Waals surface area contributed by atoms with E-state index < -0.39 is 4.92 Å². The van der Waals surface area contributed by atoms with Crippen LogP contribution in [0, 0.1) is 28.4 Å². The van der Waals surface area contributed by atoms with Crippen LogP contribution in [0.15, 0.2) is 36.5 Å². The molecule has 1 N–H and O–H groups in total. The number of hydrogen-bond donors (Lipinski definition) is 1. The summed E-state index contributed by atoms with van der Waals surface area (Å²) in [5.41, 5.74) is 1.69. The molecule has 0 aliphatic carbocycles. The summed E-state index contributed by atoms with van der Waals surface area (Å²) >= 11 is 0. The van der Waals surface area contributed by atoms with E-state index in [0.29, 0.717) is 22.6 Å². The smallest absolute Gasteiger partial charge is 0.274 e. The summed E-state index contributed by atoms with van der Waals surface area (Å²) in [6, 6.07) is 10.1. The lowest BCUT2D eigenvalue weighted by molar-refractivity contribution is -0.385. The van der Waals surface area contributed by atoms with Gasteiger partial charge in [-0.05, 0) is 25.1 Å². The minimum absolute atomic E-state index is 0.0543. The number of nitriles is 1. The Morgan fingerprint density at radius 3 is 2.74 bits per heavy atom. The maximum Gasteiger partial charge on any atom is 0.274 e. The zero-order valence-corrected chi connectivity index (χ0v) is 10.1. The average molecular weight is 254 g/mol. The molecule has 2 rings (SSSR count). The van der Waals surface area contributed by atoms with Crippen LogP contribution in [0.4, 0.5) is 17.2 Å². The molecule has 0 spiro atoms. The maximum atomic E-state index is 10.8. The highest BCUT2D eigenvalue weighted by Gasteiger charge is 2.11. The lowest BCUT2D eigenvalue weighted by Gasteiger charge is -2.06. The van der Waals surface area contributed by atoms with Crippen molar-refractivity contribution >= 4 is 17.2 Å². The van der Waals surface area contributed by atoms with Gasteiger partial charge in [0.15, 0.2) is 0 Å². The van der Waals surface area contributed by atoms with E-state index in [1.165, 1.54) is 12.3 Å². The molecule has 0 bridgehead atoms. The highest BCUT2D eigenvalue weighted by Crippen LogP contribution is 2.24. The summed E-state index contributed by atoms with van der Waals surface area (Å²) in [5, 5.41) is 22.4. The molecule has 6 heteroatoms. The van der Waals surface area contributed by atoms with Crippen molar-refractivity contribution in [1.29, 1.82) is 5.26 Å². The molecule has 0 unspecified atom stereocenters. The first kappa shape index (κ1) is 12.5. The third-order valence-electron chi connectivity index (χ3n) is 2.57. The zero-order valence-electron chi connectivity index (χ0n) is 10.1. The fraction of sp³-hybridized carbons (Fsp3) is 0.0769. The lowest BCUT2D eigenvalue weighted by Crippen LogP contribution is -1.96. The Hall–Kier alpha value is -2.94. The molecular formula is C13H10N4O2. The first-order valence-electron chi connectivity index (χ1n) is 5.48. The van der Waals surface area contributed by atoms with Crippen LogP contribution >= 0.6 is 0 Å². The Balaban J connectivity index is 2.25. The second-order valence-electron chi connectivity index (χ2n) is 3.93. The van der Waals surface area contributed by atoms with Gasteiger partial charge in [-0.25, -0.2) is 4.98 Å². The molecule has 0 aliphatic rings. The van der Waals surface area contributed by atoms with Gasteiger partial charge in [0.25, 0.3) is 5.69 Å². The number of nitro benzene ring substituents is 1. The van der Waals surface area contributed by atoms with Crippen LogP contribution in [0.3, 0.4) is 0 Å². The van der Waals surface area contributed by atoms with Gasteiger partial charge in [0.05, 0.1) is 10.5 Å². The number of aromatic nitrogens is 1. The van der Waals surface area contributed by atoms with Gasteiger partial charge in [-0.15, -0.1) is 0 Å². The van der Waals surface area contributed by atoms with Crippen LogP contribution in [-0.2, 0) is 0 Å². The van der Waals surface area contributed by atoms with Crippen LogP contribution in [0.2, 0.25) is 0 Å². The minimum Gasteiger partial charge on any atom is -0.340 e. The fourth-order valence-corrected chi connectivity index (χ4v) is 1.57. The SMILES string of the molecule is Cc1ccc(Nc2ccc(C#N)cn2)cc1[N+](=O)[O-]. The van der Waals surface area contributed by atoms with E-state index in [1.807, 2.05) is 6.07 Å². The standard InChI is InChI=1S/C13H10N4O2/c1-9-2-4-11(6-12(9)17(18)19)16-13-5-3-10(7-14)8-15-13/h2-6,8H,1H3,(H,15,16). The monoisotopic (exact) mass is 254 g/mol. The van der Waals surface area contributed by atoms with E-state index in [2.05, 4.69) is 10.3 Å². The van der Waals surface area contributed by atoms with Crippen molar-refractivity contribution in [2.45, 2.75) is 6.92 Å². The fourth-order valence-electron chi connectivity index (χ4n) is 1.57. The molecule has 2 aromatic rings. The molecule has 1 heterocycles. The number of anilines is 2. The molecule has 0 saturated heterocycles. The Labute approximate surface area is 109 Å². The van der Waals surface area contributed by atoms with Gasteiger partial charge < -0.3 is 5.32 Å². The third-order valence-corrected chi connectivity index (χ3v) is 2.57. The molecule has 94 valence electrons. The third kappa shape index (κ3) is 2.84. The van der Waals surface area contributed by atoms with E-state index in [4.69, 9.17) is 5.26 Å². The molecule has 0 fully saturated rings. The van der Waals surface area contributed by atoms with Gasteiger partial charge in [0.2, 0.25) is 0 Å². The Bertz CT molecular complexity index is 659. The van der Waals surface area contributed by atoms with Gasteiger partial charge >= 0.3 is 0 Å². The van der Waals surface area contributed by atoms with Gasteiger partial charge in [0.1, 0.15) is 11.9 Å². The van der Waals surface area contributed by atoms with Crippen molar-refractivity contribution in [3.8, 4) is 6.07 Å². The predicted octanol–water partition coefficient (Wildman–Crippen LogP) is 2.91. The molecule has 0 atom stereocenters. The molecule has 1 aromatic heterocycles. The van der Waals surface area contributed by atoms with E-state index in [1.54, 1.807) is 31.2 Å². The largest absolute Gasteiger partial charge is 0.340 e. The van der Waals surface area contributed by atoms with Crippen molar-refractivity contribution in [1.82, 2.24) is 4.98 Å². The Kier molecular flexibility index (Phi) is 3.39. The number of hydrogen-bond acceptors (Lipinski definition) is 5. The molecule has 0 aliphatic heterocycles. The number of aryl methyl sites for hydroxylation is 1. The van der Waals surface area contributed by atoms with Crippen LogP contribution in [-0.4, -0.2) is 9.91 Å². The second-order valence-corrected chi connectivity index (χ2v) is 3.93. The Morgan fingerprint density at radius 1 is 1.37 bits per heavy atom. The van der Waals surface area contributed by atoms with Crippen LogP contribution in [0.25, 0.3) is 0 Å². The number of nitrogens with one attached hydrogen (secondary N) is 1. The van der Waals surface area contributed by atoms with Crippen molar-refractivity contribution < 1.29 is 4.92 Å². The quantitative estimate of drug-likeness (QED) is 0.671. The molecular weight excluding hydrogens is 244 g/mol. The minimum atomic E-state index is -0.424. The van der Waals surface area contributed by atoms with Gasteiger partial charge in [-0.2, -0.15) is 5.26 Å². The summed E-state index contributed by atoms with van der Waals surface area (Å²) in [6.45, 7) is 1.68. The average Bonchev–Trinajstić information content (AvgIpc) is 2.41. The topological polar surface area (TPSA) is 91.8 Å². The van der Waals surface area contributed by atoms with Crippen molar-refractivity contribution in [3.05, 3.63) is 57.8 Å². The second kappa shape index (κ2) is 5.14. The summed E-state index contributed by atoms with van der Waals surface area (Å²) in [4.78, 5) is 14.5. The van der Waals surface area contributed by atoms with Crippen molar-refractivity contribution in [2.24, 2.45) is 0 Å². The Morgan fingerprint density at radius 2 is 2.16 bits per heavy atom. The highest BCUT2D eigenvalue weighted by atomic mass is 16.6. The summed E-state index contributed by atoms with van der Waals surface area (Å²) < 4.78 is 0. The van der Waals surface area contributed by atoms with E-state index in [9.17, 15) is 10.1 Å². The molecule has 1 aromatic carbocycles.